The first kappa shape index (κ1) is 15.5. The summed E-state index contributed by atoms with van der Waals surface area (Å²) in [7, 11) is 0. The lowest BCUT2D eigenvalue weighted by molar-refractivity contribution is -0.150. The van der Waals surface area contributed by atoms with Gasteiger partial charge in [0.25, 0.3) is 0 Å². The van der Waals surface area contributed by atoms with Crippen molar-refractivity contribution in [1.29, 1.82) is 0 Å². The topological polar surface area (TPSA) is 88.3 Å². The molecule has 0 bridgehead atoms. The van der Waals surface area contributed by atoms with Crippen molar-refractivity contribution in [1.82, 2.24) is 20.4 Å². The van der Waals surface area contributed by atoms with Crippen molar-refractivity contribution < 1.29 is 14.1 Å². The Bertz CT molecular complexity index is 526. The van der Waals surface area contributed by atoms with Crippen LogP contribution in [0.1, 0.15) is 38.9 Å². The molecule has 2 atom stereocenters. The Kier molecular flexibility index (Phi) is 4.59. The molecule has 2 heterocycles. The second-order valence-corrected chi connectivity index (χ2v) is 5.67. The van der Waals surface area contributed by atoms with E-state index in [1.807, 2.05) is 20.8 Å². The van der Waals surface area contributed by atoms with E-state index in [-0.39, 0.29) is 17.7 Å². The fraction of sp³-hybridized carbons (Fsp3) is 0.714. The van der Waals surface area contributed by atoms with Gasteiger partial charge in [-0.3, -0.25) is 9.59 Å². The van der Waals surface area contributed by atoms with Gasteiger partial charge in [0, 0.05) is 19.9 Å². The summed E-state index contributed by atoms with van der Waals surface area (Å²) in [5.74, 6) is 1.01. The van der Waals surface area contributed by atoms with E-state index in [1.165, 1.54) is 0 Å². The first-order valence-electron chi connectivity index (χ1n) is 7.34. The molecular formula is C14H22N4O3. The summed E-state index contributed by atoms with van der Waals surface area (Å²) in [5.41, 5.74) is 0. The standard InChI is InChI=1S/C14H22N4O3/c1-5-10-13(19)16-12(8(2)3)14(20)18(10)7-6-11-15-9(4)21-17-11/h8,10,12H,5-7H2,1-4H3,(H,16,19). The third kappa shape index (κ3) is 3.22. The Morgan fingerprint density at radius 2 is 2.10 bits per heavy atom. The highest BCUT2D eigenvalue weighted by molar-refractivity contribution is 5.97. The van der Waals surface area contributed by atoms with Gasteiger partial charge >= 0.3 is 0 Å². The molecule has 1 saturated heterocycles. The predicted molar refractivity (Wildman–Crippen MR) is 75.3 cm³/mol. The number of aryl methyl sites for hydroxylation is 1. The van der Waals surface area contributed by atoms with Gasteiger partial charge in [0.15, 0.2) is 5.82 Å². The molecule has 0 spiro atoms. The Morgan fingerprint density at radius 3 is 2.62 bits per heavy atom. The summed E-state index contributed by atoms with van der Waals surface area (Å²) in [6, 6.07) is -0.868. The van der Waals surface area contributed by atoms with Gasteiger partial charge in [0.05, 0.1) is 0 Å². The molecule has 0 radical (unpaired) electrons. The Labute approximate surface area is 124 Å². The molecule has 2 amide bonds. The molecule has 1 aromatic rings. The molecule has 2 rings (SSSR count). The van der Waals surface area contributed by atoms with Crippen LogP contribution in [-0.2, 0) is 16.0 Å². The predicted octanol–water partition coefficient (Wildman–Crippen LogP) is 0.682. The van der Waals surface area contributed by atoms with Crippen LogP contribution in [0.3, 0.4) is 0 Å². The number of rotatable bonds is 5. The van der Waals surface area contributed by atoms with Crippen LogP contribution in [0.2, 0.25) is 0 Å². The number of hydrogen-bond acceptors (Lipinski definition) is 5. The van der Waals surface area contributed by atoms with Crippen molar-refractivity contribution in [2.24, 2.45) is 5.92 Å². The summed E-state index contributed by atoms with van der Waals surface area (Å²) in [4.78, 5) is 30.5. The lowest BCUT2D eigenvalue weighted by Crippen LogP contribution is -2.64. The van der Waals surface area contributed by atoms with Crippen molar-refractivity contribution >= 4 is 11.8 Å². The van der Waals surface area contributed by atoms with Crippen molar-refractivity contribution in [2.75, 3.05) is 6.54 Å². The number of piperazine rings is 1. The molecule has 0 aromatic carbocycles. The average Bonchev–Trinajstić information content (AvgIpc) is 2.84. The van der Waals surface area contributed by atoms with E-state index in [0.717, 1.165) is 0 Å². The van der Waals surface area contributed by atoms with Gasteiger partial charge in [0.2, 0.25) is 17.7 Å². The largest absolute Gasteiger partial charge is 0.342 e. The molecule has 7 heteroatoms. The van der Waals surface area contributed by atoms with Gasteiger partial charge < -0.3 is 14.7 Å². The third-order valence-electron chi connectivity index (χ3n) is 3.73. The van der Waals surface area contributed by atoms with Gasteiger partial charge in [-0.15, -0.1) is 0 Å². The lowest BCUT2D eigenvalue weighted by atomic mass is 9.97. The van der Waals surface area contributed by atoms with Crippen molar-refractivity contribution in [3.8, 4) is 0 Å². The van der Waals surface area contributed by atoms with Crippen molar-refractivity contribution in [3.05, 3.63) is 11.7 Å². The summed E-state index contributed by atoms with van der Waals surface area (Å²) in [6.45, 7) is 7.90. The van der Waals surface area contributed by atoms with Crippen LogP contribution >= 0.6 is 0 Å². The van der Waals surface area contributed by atoms with E-state index in [2.05, 4.69) is 15.5 Å². The molecule has 2 unspecified atom stereocenters. The fourth-order valence-corrected chi connectivity index (χ4v) is 2.57. The molecule has 7 nitrogen and oxygen atoms in total. The maximum atomic E-state index is 12.6. The highest BCUT2D eigenvalue weighted by atomic mass is 16.5. The zero-order chi connectivity index (χ0) is 15.6. The smallest absolute Gasteiger partial charge is 0.246 e. The minimum atomic E-state index is -0.452. The first-order valence-corrected chi connectivity index (χ1v) is 7.34. The third-order valence-corrected chi connectivity index (χ3v) is 3.73. The van der Waals surface area contributed by atoms with E-state index in [0.29, 0.717) is 31.1 Å². The monoisotopic (exact) mass is 294 g/mol. The number of nitrogens with one attached hydrogen (secondary N) is 1. The minimum Gasteiger partial charge on any atom is -0.342 e. The van der Waals surface area contributed by atoms with E-state index in [4.69, 9.17) is 4.52 Å². The molecular weight excluding hydrogens is 272 g/mol. The maximum absolute atomic E-state index is 12.6. The van der Waals surface area contributed by atoms with Crippen LogP contribution in [-0.4, -0.2) is 45.5 Å². The Morgan fingerprint density at radius 1 is 1.38 bits per heavy atom. The first-order chi connectivity index (χ1) is 9.93. The molecule has 1 aromatic heterocycles. The molecule has 1 fully saturated rings. The molecule has 0 saturated carbocycles. The summed E-state index contributed by atoms with van der Waals surface area (Å²) >= 11 is 0. The lowest BCUT2D eigenvalue weighted by Gasteiger charge is -2.39. The minimum absolute atomic E-state index is 0.0309. The molecule has 1 aliphatic heterocycles. The maximum Gasteiger partial charge on any atom is 0.246 e. The summed E-state index contributed by atoms with van der Waals surface area (Å²) < 4.78 is 4.92. The summed E-state index contributed by atoms with van der Waals surface area (Å²) in [5, 5.41) is 6.64. The number of carbonyl (C=O) groups excluding carboxylic acids is 2. The Balaban J connectivity index is 2.11. The number of aromatic nitrogens is 2. The van der Waals surface area contributed by atoms with Gasteiger partial charge in [-0.05, 0) is 12.3 Å². The van der Waals surface area contributed by atoms with Crippen molar-refractivity contribution in [2.45, 2.75) is 52.6 Å². The van der Waals surface area contributed by atoms with E-state index >= 15 is 0 Å². The summed E-state index contributed by atoms with van der Waals surface area (Å²) in [6.07, 6.45) is 1.07. The highest BCUT2D eigenvalue weighted by Crippen LogP contribution is 2.18. The van der Waals surface area contributed by atoms with Crippen LogP contribution < -0.4 is 5.32 Å². The molecule has 116 valence electrons. The SMILES string of the molecule is CCC1C(=O)NC(C(C)C)C(=O)N1CCc1noc(C)n1. The van der Waals surface area contributed by atoms with Gasteiger partial charge in [-0.2, -0.15) is 4.98 Å². The number of amides is 2. The zero-order valence-corrected chi connectivity index (χ0v) is 12.9. The Hall–Kier alpha value is -1.92. The van der Waals surface area contributed by atoms with E-state index in [9.17, 15) is 9.59 Å². The van der Waals surface area contributed by atoms with Crippen LogP contribution in [0.4, 0.5) is 0 Å². The van der Waals surface area contributed by atoms with Crippen LogP contribution in [0.5, 0.6) is 0 Å². The van der Waals surface area contributed by atoms with Crippen LogP contribution in [0.15, 0.2) is 4.52 Å². The average molecular weight is 294 g/mol. The zero-order valence-electron chi connectivity index (χ0n) is 12.9. The van der Waals surface area contributed by atoms with Gasteiger partial charge in [-0.1, -0.05) is 25.9 Å². The second-order valence-electron chi connectivity index (χ2n) is 5.67. The quantitative estimate of drug-likeness (QED) is 0.863. The van der Waals surface area contributed by atoms with Crippen LogP contribution in [0, 0.1) is 12.8 Å². The molecule has 21 heavy (non-hydrogen) atoms. The van der Waals surface area contributed by atoms with E-state index < -0.39 is 12.1 Å². The molecule has 1 aliphatic rings. The molecule has 1 N–H and O–H groups in total. The second kappa shape index (κ2) is 6.24. The number of carbonyl (C=O) groups is 2. The number of hydrogen-bond donors (Lipinski definition) is 1. The van der Waals surface area contributed by atoms with Crippen LogP contribution in [0.25, 0.3) is 0 Å². The van der Waals surface area contributed by atoms with E-state index in [1.54, 1.807) is 11.8 Å². The number of nitrogens with zero attached hydrogens (tertiary/aromatic N) is 3. The van der Waals surface area contributed by atoms with Crippen molar-refractivity contribution in [3.63, 3.8) is 0 Å². The normalized spacial score (nSPS) is 22.8. The molecule has 0 aliphatic carbocycles. The highest BCUT2D eigenvalue weighted by Gasteiger charge is 2.40. The van der Waals surface area contributed by atoms with Gasteiger partial charge in [-0.25, -0.2) is 0 Å². The van der Waals surface area contributed by atoms with Gasteiger partial charge in [0.1, 0.15) is 12.1 Å². The fourth-order valence-electron chi connectivity index (χ4n) is 2.57.